The molecule has 0 aliphatic heterocycles. The zero-order valence-electron chi connectivity index (χ0n) is 13.0. The van der Waals surface area contributed by atoms with E-state index in [0.717, 1.165) is 25.0 Å². The summed E-state index contributed by atoms with van der Waals surface area (Å²) in [5, 5.41) is 10.0. The molecule has 0 radical (unpaired) electrons. The lowest BCUT2D eigenvalue weighted by Crippen LogP contribution is -2.11. The summed E-state index contributed by atoms with van der Waals surface area (Å²) < 4.78 is 10.8. The highest BCUT2D eigenvalue weighted by Crippen LogP contribution is 2.18. The molecule has 0 saturated heterocycles. The zero-order chi connectivity index (χ0) is 14.8. The molecule has 0 saturated carbocycles. The van der Waals surface area contributed by atoms with Crippen LogP contribution in [0.5, 0.6) is 0 Å². The third-order valence-electron chi connectivity index (χ3n) is 3.28. The summed E-state index contributed by atoms with van der Waals surface area (Å²) in [6.45, 7) is 8.70. The van der Waals surface area contributed by atoms with Crippen LogP contribution in [-0.2, 0) is 9.47 Å². The lowest BCUT2D eigenvalue weighted by molar-refractivity contribution is 0.00274. The van der Waals surface area contributed by atoms with E-state index in [2.05, 4.69) is 32.9 Å². The van der Waals surface area contributed by atoms with Gasteiger partial charge < -0.3 is 14.6 Å². The molecule has 1 unspecified atom stereocenters. The minimum atomic E-state index is -0.563. The Bertz CT molecular complexity index is 346. The number of aliphatic hydroxyl groups is 1. The molecule has 1 N–H and O–H groups in total. The lowest BCUT2D eigenvalue weighted by atomic mass is 10.0. The van der Waals surface area contributed by atoms with Crippen LogP contribution in [0.2, 0.25) is 0 Å². The minimum Gasteiger partial charge on any atom is -0.386 e. The van der Waals surface area contributed by atoms with Gasteiger partial charge in [-0.15, -0.1) is 0 Å². The maximum atomic E-state index is 10.0. The summed E-state index contributed by atoms with van der Waals surface area (Å²) >= 11 is 0. The molecular weight excluding hydrogens is 252 g/mol. The van der Waals surface area contributed by atoms with Crippen LogP contribution in [0.4, 0.5) is 0 Å². The first-order chi connectivity index (χ1) is 9.65. The highest BCUT2D eigenvalue weighted by Gasteiger charge is 2.08. The van der Waals surface area contributed by atoms with Crippen molar-refractivity contribution in [3.05, 3.63) is 35.4 Å². The number of hydrogen-bond donors (Lipinski definition) is 1. The summed E-state index contributed by atoms with van der Waals surface area (Å²) in [4.78, 5) is 0. The molecule has 3 heteroatoms. The SMILES string of the molecule is CCCCOCCOCC(O)c1ccc(C(C)C)cc1. The van der Waals surface area contributed by atoms with E-state index >= 15 is 0 Å². The van der Waals surface area contributed by atoms with Crippen molar-refractivity contribution in [2.45, 2.75) is 45.6 Å². The van der Waals surface area contributed by atoms with Gasteiger partial charge >= 0.3 is 0 Å². The Labute approximate surface area is 122 Å². The molecule has 3 nitrogen and oxygen atoms in total. The Morgan fingerprint density at radius 2 is 1.55 bits per heavy atom. The fourth-order valence-corrected chi connectivity index (χ4v) is 1.86. The van der Waals surface area contributed by atoms with Crippen molar-refractivity contribution in [1.29, 1.82) is 0 Å². The van der Waals surface area contributed by atoms with Crippen LogP contribution >= 0.6 is 0 Å². The first-order valence-electron chi connectivity index (χ1n) is 7.58. The molecule has 0 fully saturated rings. The molecule has 114 valence electrons. The average Bonchev–Trinajstić information content (AvgIpc) is 2.46. The van der Waals surface area contributed by atoms with Gasteiger partial charge in [-0.2, -0.15) is 0 Å². The monoisotopic (exact) mass is 280 g/mol. The van der Waals surface area contributed by atoms with Crippen LogP contribution in [0.3, 0.4) is 0 Å². The fraction of sp³-hybridized carbons (Fsp3) is 0.647. The van der Waals surface area contributed by atoms with E-state index in [4.69, 9.17) is 9.47 Å². The van der Waals surface area contributed by atoms with Crippen molar-refractivity contribution < 1.29 is 14.6 Å². The number of unbranched alkanes of at least 4 members (excludes halogenated alkanes) is 1. The van der Waals surface area contributed by atoms with Crippen molar-refractivity contribution in [3.63, 3.8) is 0 Å². The van der Waals surface area contributed by atoms with Crippen molar-refractivity contribution in [3.8, 4) is 0 Å². The fourth-order valence-electron chi connectivity index (χ4n) is 1.86. The Morgan fingerprint density at radius 3 is 2.15 bits per heavy atom. The van der Waals surface area contributed by atoms with E-state index in [1.165, 1.54) is 5.56 Å². The summed E-state index contributed by atoms with van der Waals surface area (Å²) in [7, 11) is 0. The first-order valence-corrected chi connectivity index (χ1v) is 7.58. The quantitative estimate of drug-likeness (QED) is 0.664. The first kappa shape index (κ1) is 17.2. The van der Waals surface area contributed by atoms with Gasteiger partial charge in [0.15, 0.2) is 0 Å². The predicted octanol–water partition coefficient (Wildman–Crippen LogP) is 3.68. The summed E-state index contributed by atoms with van der Waals surface area (Å²) in [6.07, 6.45) is 1.67. The van der Waals surface area contributed by atoms with Crippen LogP contribution in [0.15, 0.2) is 24.3 Å². The van der Waals surface area contributed by atoms with Gasteiger partial charge in [0.1, 0.15) is 6.10 Å². The number of aliphatic hydroxyl groups excluding tert-OH is 1. The highest BCUT2D eigenvalue weighted by molar-refractivity contribution is 5.26. The van der Waals surface area contributed by atoms with Gasteiger partial charge in [0.2, 0.25) is 0 Å². The average molecular weight is 280 g/mol. The van der Waals surface area contributed by atoms with Gasteiger partial charge in [-0.1, -0.05) is 51.5 Å². The Hall–Kier alpha value is -0.900. The third-order valence-corrected chi connectivity index (χ3v) is 3.28. The minimum absolute atomic E-state index is 0.318. The third kappa shape index (κ3) is 6.51. The molecule has 0 heterocycles. The molecule has 0 amide bonds. The number of benzene rings is 1. The van der Waals surface area contributed by atoms with Crippen LogP contribution in [0.25, 0.3) is 0 Å². The van der Waals surface area contributed by atoms with Crippen molar-refractivity contribution in [2.24, 2.45) is 0 Å². The topological polar surface area (TPSA) is 38.7 Å². The van der Waals surface area contributed by atoms with Crippen molar-refractivity contribution in [2.75, 3.05) is 26.4 Å². The second-order valence-corrected chi connectivity index (χ2v) is 5.38. The number of ether oxygens (including phenoxy) is 2. The normalized spacial score (nSPS) is 12.8. The summed E-state index contributed by atoms with van der Waals surface area (Å²) in [5.74, 6) is 0.512. The zero-order valence-corrected chi connectivity index (χ0v) is 13.0. The Balaban J connectivity index is 2.20. The van der Waals surface area contributed by atoms with E-state index in [9.17, 15) is 5.11 Å². The van der Waals surface area contributed by atoms with Gasteiger partial charge in [0.25, 0.3) is 0 Å². The highest BCUT2D eigenvalue weighted by atomic mass is 16.5. The standard InChI is InChI=1S/C17H28O3/c1-4-5-10-19-11-12-20-13-17(18)16-8-6-15(7-9-16)14(2)3/h6-9,14,17-18H,4-5,10-13H2,1-3H3. The largest absolute Gasteiger partial charge is 0.386 e. The molecule has 0 aromatic heterocycles. The molecule has 1 rings (SSSR count). The smallest absolute Gasteiger partial charge is 0.102 e. The molecule has 0 bridgehead atoms. The summed E-state index contributed by atoms with van der Waals surface area (Å²) in [6, 6.07) is 8.08. The maximum absolute atomic E-state index is 10.0. The lowest BCUT2D eigenvalue weighted by Gasteiger charge is -2.13. The van der Waals surface area contributed by atoms with Crippen LogP contribution in [0.1, 0.15) is 56.8 Å². The molecule has 0 aliphatic carbocycles. The molecule has 0 aliphatic rings. The molecule has 1 aromatic carbocycles. The van der Waals surface area contributed by atoms with Crippen molar-refractivity contribution in [1.82, 2.24) is 0 Å². The van der Waals surface area contributed by atoms with Gasteiger partial charge in [-0.05, 0) is 23.5 Å². The summed E-state index contributed by atoms with van der Waals surface area (Å²) in [5.41, 5.74) is 2.19. The second kappa shape index (κ2) is 9.92. The van der Waals surface area contributed by atoms with E-state index < -0.39 is 6.10 Å². The molecule has 0 spiro atoms. The molecular formula is C17H28O3. The van der Waals surface area contributed by atoms with Gasteiger partial charge in [-0.25, -0.2) is 0 Å². The van der Waals surface area contributed by atoms with Gasteiger partial charge in [0.05, 0.1) is 19.8 Å². The van der Waals surface area contributed by atoms with E-state index in [1.807, 2.05) is 12.1 Å². The van der Waals surface area contributed by atoms with Gasteiger partial charge in [0, 0.05) is 6.61 Å². The van der Waals surface area contributed by atoms with Gasteiger partial charge in [-0.3, -0.25) is 0 Å². The van der Waals surface area contributed by atoms with Crippen molar-refractivity contribution >= 4 is 0 Å². The van der Waals surface area contributed by atoms with Crippen LogP contribution < -0.4 is 0 Å². The number of hydrogen-bond acceptors (Lipinski definition) is 3. The Kier molecular flexibility index (Phi) is 8.51. The van der Waals surface area contributed by atoms with E-state index in [0.29, 0.717) is 25.7 Å². The Morgan fingerprint density at radius 1 is 0.950 bits per heavy atom. The van der Waals surface area contributed by atoms with Crippen LogP contribution in [-0.4, -0.2) is 31.5 Å². The molecule has 20 heavy (non-hydrogen) atoms. The maximum Gasteiger partial charge on any atom is 0.102 e. The molecule has 1 aromatic rings. The van der Waals surface area contributed by atoms with E-state index in [-0.39, 0.29) is 0 Å². The second-order valence-electron chi connectivity index (χ2n) is 5.38. The van der Waals surface area contributed by atoms with E-state index in [1.54, 1.807) is 0 Å². The predicted molar refractivity (Wildman–Crippen MR) is 82.0 cm³/mol. The number of rotatable bonds is 10. The molecule has 1 atom stereocenters. The van der Waals surface area contributed by atoms with Crippen LogP contribution in [0, 0.1) is 0 Å².